The fourth-order valence-electron chi connectivity index (χ4n) is 1.64. The van der Waals surface area contributed by atoms with Crippen LogP contribution in [0.2, 0.25) is 5.02 Å². The number of ether oxygens (including phenoxy) is 1. The molecule has 0 bridgehead atoms. The van der Waals surface area contributed by atoms with E-state index in [4.69, 9.17) is 16.3 Å². The van der Waals surface area contributed by atoms with Gasteiger partial charge in [-0.05, 0) is 42.5 Å². The summed E-state index contributed by atoms with van der Waals surface area (Å²) in [5.74, 6) is 0.262. The monoisotopic (exact) mass is 325 g/mol. The van der Waals surface area contributed by atoms with Crippen LogP contribution in [0.15, 0.2) is 47.4 Å². The third-order valence-corrected chi connectivity index (χ3v) is 3.87. The summed E-state index contributed by atoms with van der Waals surface area (Å²) in [6, 6.07) is 11.0. The summed E-state index contributed by atoms with van der Waals surface area (Å²) in [7, 11) is 1.52. The lowest BCUT2D eigenvalue weighted by Gasteiger charge is -2.10. The number of hydrogen-bond acceptors (Lipinski definition) is 3. The maximum absolute atomic E-state index is 12.8. The van der Waals surface area contributed by atoms with E-state index in [9.17, 15) is 9.18 Å². The third-order valence-electron chi connectivity index (χ3n) is 2.62. The topological polar surface area (TPSA) is 38.3 Å². The Morgan fingerprint density at radius 3 is 2.67 bits per heavy atom. The van der Waals surface area contributed by atoms with Crippen molar-refractivity contribution < 1.29 is 13.9 Å². The fraction of sp³-hybridized carbons (Fsp3) is 0.133. The molecule has 0 aliphatic heterocycles. The lowest BCUT2D eigenvalue weighted by atomic mass is 10.3. The molecular weight excluding hydrogens is 313 g/mol. The number of methoxy groups -OCH3 is 1. The molecule has 2 aromatic rings. The van der Waals surface area contributed by atoms with Gasteiger partial charge >= 0.3 is 0 Å². The van der Waals surface area contributed by atoms with Crippen molar-refractivity contribution in [3.8, 4) is 5.75 Å². The van der Waals surface area contributed by atoms with Gasteiger partial charge in [0.05, 0.1) is 18.6 Å². The predicted molar refractivity (Wildman–Crippen MR) is 83.8 cm³/mol. The van der Waals surface area contributed by atoms with Crippen molar-refractivity contribution >= 4 is 35.0 Å². The second-order valence-electron chi connectivity index (χ2n) is 4.14. The highest BCUT2D eigenvalue weighted by Gasteiger charge is 2.09. The quantitative estimate of drug-likeness (QED) is 0.836. The summed E-state index contributed by atoms with van der Waals surface area (Å²) < 4.78 is 17.9. The Morgan fingerprint density at radius 1 is 1.29 bits per heavy atom. The van der Waals surface area contributed by atoms with E-state index < -0.39 is 0 Å². The van der Waals surface area contributed by atoms with Crippen LogP contribution in [-0.2, 0) is 4.79 Å². The number of anilines is 1. The van der Waals surface area contributed by atoms with Gasteiger partial charge in [0, 0.05) is 9.92 Å². The first kappa shape index (κ1) is 15.7. The van der Waals surface area contributed by atoms with E-state index in [0.717, 1.165) is 4.90 Å². The molecule has 0 unspecified atom stereocenters. The zero-order valence-electron chi connectivity index (χ0n) is 11.2. The van der Waals surface area contributed by atoms with E-state index in [-0.39, 0.29) is 17.5 Å². The molecule has 0 heterocycles. The first-order valence-electron chi connectivity index (χ1n) is 6.10. The number of hydrogen-bond donors (Lipinski definition) is 1. The SMILES string of the molecule is COc1ccc(Cl)cc1NC(=O)CSc1ccc(F)cc1. The molecule has 0 aliphatic rings. The summed E-state index contributed by atoms with van der Waals surface area (Å²) in [6.45, 7) is 0. The van der Waals surface area contributed by atoms with Crippen LogP contribution >= 0.6 is 23.4 Å². The summed E-state index contributed by atoms with van der Waals surface area (Å²) in [5, 5.41) is 3.25. The van der Waals surface area contributed by atoms with Gasteiger partial charge in [-0.25, -0.2) is 4.39 Å². The van der Waals surface area contributed by atoms with Crippen molar-refractivity contribution in [2.45, 2.75) is 4.90 Å². The zero-order valence-corrected chi connectivity index (χ0v) is 12.8. The molecule has 0 saturated heterocycles. The molecule has 2 rings (SSSR count). The molecule has 0 fully saturated rings. The summed E-state index contributed by atoms with van der Waals surface area (Å²) in [4.78, 5) is 12.8. The molecule has 0 saturated carbocycles. The second-order valence-corrected chi connectivity index (χ2v) is 5.62. The first-order chi connectivity index (χ1) is 10.1. The molecule has 0 aromatic heterocycles. The van der Waals surface area contributed by atoms with E-state index in [1.165, 1.54) is 31.0 Å². The first-order valence-corrected chi connectivity index (χ1v) is 7.46. The number of carbonyl (C=O) groups is 1. The number of carbonyl (C=O) groups excluding carboxylic acids is 1. The van der Waals surface area contributed by atoms with E-state index in [1.54, 1.807) is 30.3 Å². The minimum Gasteiger partial charge on any atom is -0.495 e. The van der Waals surface area contributed by atoms with Gasteiger partial charge in [0.2, 0.25) is 5.91 Å². The van der Waals surface area contributed by atoms with E-state index in [0.29, 0.717) is 16.5 Å². The van der Waals surface area contributed by atoms with Crippen LogP contribution in [0.25, 0.3) is 0 Å². The molecule has 21 heavy (non-hydrogen) atoms. The number of thioether (sulfide) groups is 1. The van der Waals surface area contributed by atoms with E-state index >= 15 is 0 Å². The maximum atomic E-state index is 12.8. The van der Waals surface area contributed by atoms with Gasteiger partial charge < -0.3 is 10.1 Å². The minimum absolute atomic E-state index is 0.190. The van der Waals surface area contributed by atoms with Crippen LogP contribution in [0.4, 0.5) is 10.1 Å². The lowest BCUT2D eigenvalue weighted by molar-refractivity contribution is -0.113. The van der Waals surface area contributed by atoms with E-state index in [2.05, 4.69) is 5.32 Å². The van der Waals surface area contributed by atoms with Crippen LogP contribution in [-0.4, -0.2) is 18.8 Å². The van der Waals surface area contributed by atoms with Gasteiger partial charge in [-0.2, -0.15) is 0 Å². The highest BCUT2D eigenvalue weighted by Crippen LogP contribution is 2.28. The molecule has 1 N–H and O–H groups in total. The van der Waals surface area contributed by atoms with Gasteiger partial charge in [0.1, 0.15) is 11.6 Å². The van der Waals surface area contributed by atoms with Crippen LogP contribution in [0, 0.1) is 5.82 Å². The van der Waals surface area contributed by atoms with Crippen LogP contribution in [0.5, 0.6) is 5.75 Å². The molecule has 0 spiro atoms. The molecule has 0 radical (unpaired) electrons. The highest BCUT2D eigenvalue weighted by molar-refractivity contribution is 8.00. The molecule has 1 amide bonds. The molecule has 0 atom stereocenters. The second kappa shape index (κ2) is 7.33. The van der Waals surface area contributed by atoms with Gasteiger partial charge in [-0.3, -0.25) is 4.79 Å². The van der Waals surface area contributed by atoms with Crippen LogP contribution in [0.3, 0.4) is 0 Å². The Bertz CT molecular complexity index is 634. The average molecular weight is 326 g/mol. The summed E-state index contributed by atoms with van der Waals surface area (Å²) in [6.07, 6.45) is 0. The van der Waals surface area contributed by atoms with Crippen molar-refractivity contribution in [2.24, 2.45) is 0 Å². The molecule has 6 heteroatoms. The number of benzene rings is 2. The van der Waals surface area contributed by atoms with Gasteiger partial charge in [-0.1, -0.05) is 11.6 Å². The summed E-state index contributed by atoms with van der Waals surface area (Å²) >= 11 is 7.22. The normalized spacial score (nSPS) is 10.2. The third kappa shape index (κ3) is 4.65. The minimum atomic E-state index is -0.299. The van der Waals surface area contributed by atoms with E-state index in [1.807, 2.05) is 0 Å². The Hall–Kier alpha value is -1.72. The zero-order chi connectivity index (χ0) is 15.2. The fourth-order valence-corrected chi connectivity index (χ4v) is 2.51. The largest absolute Gasteiger partial charge is 0.495 e. The maximum Gasteiger partial charge on any atom is 0.234 e. The lowest BCUT2D eigenvalue weighted by Crippen LogP contribution is -2.14. The van der Waals surface area contributed by atoms with Gasteiger partial charge in [-0.15, -0.1) is 11.8 Å². The van der Waals surface area contributed by atoms with Gasteiger partial charge in [0.15, 0.2) is 0 Å². The highest BCUT2D eigenvalue weighted by atomic mass is 35.5. The van der Waals surface area contributed by atoms with Crippen molar-refractivity contribution in [3.63, 3.8) is 0 Å². The summed E-state index contributed by atoms with van der Waals surface area (Å²) in [5.41, 5.74) is 0.523. The van der Waals surface area contributed by atoms with Gasteiger partial charge in [0.25, 0.3) is 0 Å². The Kier molecular flexibility index (Phi) is 5.47. The number of amides is 1. The Balaban J connectivity index is 1.95. The average Bonchev–Trinajstić information content (AvgIpc) is 2.47. The van der Waals surface area contributed by atoms with Crippen LogP contribution in [0.1, 0.15) is 0 Å². The van der Waals surface area contributed by atoms with Crippen molar-refractivity contribution in [1.82, 2.24) is 0 Å². The molecule has 110 valence electrons. The van der Waals surface area contributed by atoms with Crippen molar-refractivity contribution in [1.29, 1.82) is 0 Å². The Labute approximate surface area is 131 Å². The number of rotatable bonds is 5. The van der Waals surface area contributed by atoms with Crippen molar-refractivity contribution in [2.75, 3.05) is 18.2 Å². The molecular formula is C15H13ClFNO2S. The molecule has 2 aromatic carbocycles. The smallest absolute Gasteiger partial charge is 0.234 e. The molecule has 0 aliphatic carbocycles. The standard InChI is InChI=1S/C15H13ClFNO2S/c1-20-14-7-2-10(16)8-13(14)18-15(19)9-21-12-5-3-11(17)4-6-12/h2-8H,9H2,1H3,(H,18,19). The number of nitrogens with one attached hydrogen (secondary N) is 1. The number of halogens is 2. The molecule has 3 nitrogen and oxygen atoms in total. The van der Waals surface area contributed by atoms with Crippen LogP contribution < -0.4 is 10.1 Å². The predicted octanol–water partition coefficient (Wildman–Crippen LogP) is 4.22. The Morgan fingerprint density at radius 2 is 2.00 bits per heavy atom. The van der Waals surface area contributed by atoms with Crippen molar-refractivity contribution in [3.05, 3.63) is 53.3 Å².